The molecule has 9 heteroatoms. The van der Waals surface area contributed by atoms with Crippen LogP contribution in [-0.2, 0) is 0 Å². The molecule has 0 radical (unpaired) electrons. The molecule has 0 aliphatic rings. The summed E-state index contributed by atoms with van der Waals surface area (Å²) in [6, 6.07) is 9.47. The maximum atomic E-state index is 12.5. The van der Waals surface area contributed by atoms with Gasteiger partial charge in [0.1, 0.15) is 11.5 Å². The van der Waals surface area contributed by atoms with Gasteiger partial charge < -0.3 is 24.6 Å². The van der Waals surface area contributed by atoms with Crippen LogP contribution in [0.5, 0.6) is 11.5 Å². The topological polar surface area (TPSA) is 116 Å². The average Bonchev–Trinajstić information content (AvgIpc) is 3.12. The first kappa shape index (κ1) is 18.9. The first-order chi connectivity index (χ1) is 13.5. The normalized spacial score (nSPS) is 10.2. The third kappa shape index (κ3) is 4.26. The highest BCUT2D eigenvalue weighted by atomic mass is 16.5. The zero-order valence-corrected chi connectivity index (χ0v) is 15.5. The van der Waals surface area contributed by atoms with Crippen LogP contribution in [0.25, 0.3) is 0 Å². The number of aryl methyl sites for hydroxylation is 1. The molecule has 0 fully saturated rings. The van der Waals surface area contributed by atoms with Crippen molar-refractivity contribution in [3.8, 4) is 11.5 Å². The second-order valence-electron chi connectivity index (χ2n) is 5.73. The zero-order valence-electron chi connectivity index (χ0n) is 15.5. The van der Waals surface area contributed by atoms with Crippen LogP contribution >= 0.6 is 0 Å². The molecule has 0 saturated heterocycles. The van der Waals surface area contributed by atoms with Gasteiger partial charge in [0.05, 0.1) is 14.2 Å². The molecule has 2 aromatic heterocycles. The van der Waals surface area contributed by atoms with Gasteiger partial charge in [-0.15, -0.1) is 0 Å². The quantitative estimate of drug-likeness (QED) is 0.673. The summed E-state index contributed by atoms with van der Waals surface area (Å²) in [5.74, 6) is 0.954. The monoisotopic (exact) mass is 382 g/mol. The summed E-state index contributed by atoms with van der Waals surface area (Å²) in [7, 11) is 3.04. The van der Waals surface area contributed by atoms with E-state index in [0.29, 0.717) is 22.9 Å². The lowest BCUT2D eigenvalue weighted by atomic mass is 10.2. The van der Waals surface area contributed by atoms with Crippen molar-refractivity contribution < 1.29 is 23.6 Å². The molecule has 2 N–H and O–H groups in total. The van der Waals surface area contributed by atoms with Crippen LogP contribution in [0.4, 0.5) is 11.5 Å². The van der Waals surface area contributed by atoms with E-state index >= 15 is 0 Å². The highest BCUT2D eigenvalue weighted by Gasteiger charge is 2.14. The predicted molar refractivity (Wildman–Crippen MR) is 101 cm³/mol. The lowest BCUT2D eigenvalue weighted by Gasteiger charge is -2.11. The molecule has 144 valence electrons. The number of nitrogens with zero attached hydrogens (tertiary/aromatic N) is 2. The highest BCUT2D eigenvalue weighted by Crippen LogP contribution is 2.29. The number of amides is 2. The fourth-order valence-electron chi connectivity index (χ4n) is 2.42. The van der Waals surface area contributed by atoms with Crippen LogP contribution in [0.1, 0.15) is 26.6 Å². The van der Waals surface area contributed by atoms with E-state index in [-0.39, 0.29) is 17.1 Å². The maximum absolute atomic E-state index is 12.5. The first-order valence-electron chi connectivity index (χ1n) is 8.24. The van der Waals surface area contributed by atoms with Gasteiger partial charge in [-0.05, 0) is 31.2 Å². The number of carbonyl (C=O) groups is 2. The number of rotatable bonds is 6. The summed E-state index contributed by atoms with van der Waals surface area (Å²) in [4.78, 5) is 28.8. The number of hydrogen-bond acceptors (Lipinski definition) is 7. The Morgan fingerprint density at radius 3 is 2.43 bits per heavy atom. The van der Waals surface area contributed by atoms with Gasteiger partial charge in [-0.2, -0.15) is 0 Å². The summed E-state index contributed by atoms with van der Waals surface area (Å²) in [5.41, 5.74) is 0.857. The van der Waals surface area contributed by atoms with Crippen molar-refractivity contribution >= 4 is 23.3 Å². The Balaban J connectivity index is 1.74. The molecular formula is C19H18N4O5. The molecule has 9 nitrogen and oxygen atoms in total. The van der Waals surface area contributed by atoms with Gasteiger partial charge in [0.15, 0.2) is 17.3 Å². The summed E-state index contributed by atoms with van der Waals surface area (Å²) in [5, 5.41) is 8.99. The molecule has 2 heterocycles. The predicted octanol–water partition coefficient (Wildman–Crippen LogP) is 2.90. The summed E-state index contributed by atoms with van der Waals surface area (Å²) in [6.45, 7) is 1.71. The van der Waals surface area contributed by atoms with Gasteiger partial charge in [-0.1, -0.05) is 5.16 Å². The Kier molecular flexibility index (Phi) is 5.54. The van der Waals surface area contributed by atoms with Crippen LogP contribution in [0.3, 0.4) is 0 Å². The summed E-state index contributed by atoms with van der Waals surface area (Å²) in [6.07, 6.45) is 1.38. The van der Waals surface area contributed by atoms with Crippen molar-refractivity contribution in [3.05, 3.63) is 59.6 Å². The molecule has 0 spiro atoms. The van der Waals surface area contributed by atoms with Gasteiger partial charge in [-0.25, -0.2) is 0 Å². The average molecular weight is 382 g/mol. The van der Waals surface area contributed by atoms with Crippen molar-refractivity contribution in [1.29, 1.82) is 0 Å². The lowest BCUT2D eigenvalue weighted by molar-refractivity contribution is 0.102. The number of benzene rings is 1. The van der Waals surface area contributed by atoms with Crippen molar-refractivity contribution in [2.45, 2.75) is 6.92 Å². The van der Waals surface area contributed by atoms with E-state index in [4.69, 9.17) is 14.0 Å². The van der Waals surface area contributed by atoms with Crippen LogP contribution in [0, 0.1) is 6.92 Å². The van der Waals surface area contributed by atoms with Crippen LogP contribution in [0.2, 0.25) is 0 Å². The van der Waals surface area contributed by atoms with E-state index in [1.807, 2.05) is 0 Å². The minimum atomic E-state index is -0.505. The lowest BCUT2D eigenvalue weighted by Crippen LogP contribution is -2.17. The van der Waals surface area contributed by atoms with E-state index in [9.17, 15) is 9.59 Å². The van der Waals surface area contributed by atoms with Crippen molar-refractivity contribution in [2.24, 2.45) is 0 Å². The second kappa shape index (κ2) is 8.21. The number of pyridine rings is 1. The highest BCUT2D eigenvalue weighted by molar-refractivity contribution is 6.07. The molecule has 1 aromatic carbocycles. The van der Waals surface area contributed by atoms with E-state index in [1.165, 1.54) is 32.5 Å². The molecular weight excluding hydrogens is 364 g/mol. The molecule has 0 aliphatic carbocycles. The van der Waals surface area contributed by atoms with E-state index < -0.39 is 11.8 Å². The molecule has 0 atom stereocenters. The van der Waals surface area contributed by atoms with Crippen LogP contribution in [-0.4, -0.2) is 36.2 Å². The third-order valence-corrected chi connectivity index (χ3v) is 3.77. The molecule has 0 unspecified atom stereocenters. The smallest absolute Gasteiger partial charge is 0.275 e. The number of methoxy groups -OCH3 is 2. The van der Waals surface area contributed by atoms with E-state index in [1.54, 1.807) is 31.2 Å². The Bertz CT molecular complexity index is 1020. The molecule has 3 aromatic rings. The van der Waals surface area contributed by atoms with Gasteiger partial charge in [-0.3, -0.25) is 14.6 Å². The molecule has 0 aliphatic heterocycles. The Hall–Kier alpha value is -3.88. The number of anilines is 2. The number of nitrogens with one attached hydrogen (secondary N) is 2. The largest absolute Gasteiger partial charge is 0.493 e. The van der Waals surface area contributed by atoms with E-state index in [2.05, 4.69) is 20.8 Å². The number of carbonyl (C=O) groups excluding carboxylic acids is 2. The SMILES string of the molecule is COc1ccc(NC(=O)c2ccnc(C(=O)Nc3cc(C)on3)c2)cc1OC. The Morgan fingerprint density at radius 2 is 1.75 bits per heavy atom. The van der Waals surface area contributed by atoms with Gasteiger partial charge in [0, 0.05) is 29.6 Å². The third-order valence-electron chi connectivity index (χ3n) is 3.77. The fourth-order valence-corrected chi connectivity index (χ4v) is 2.42. The van der Waals surface area contributed by atoms with Gasteiger partial charge in [0.2, 0.25) is 0 Å². The summed E-state index contributed by atoms with van der Waals surface area (Å²) < 4.78 is 15.3. The Labute approximate surface area is 160 Å². The molecule has 3 rings (SSSR count). The van der Waals surface area contributed by atoms with E-state index in [0.717, 1.165) is 0 Å². The fraction of sp³-hybridized carbons (Fsp3) is 0.158. The number of aromatic nitrogens is 2. The van der Waals surface area contributed by atoms with Crippen LogP contribution < -0.4 is 20.1 Å². The van der Waals surface area contributed by atoms with Crippen molar-refractivity contribution in [1.82, 2.24) is 10.1 Å². The molecule has 0 bridgehead atoms. The Morgan fingerprint density at radius 1 is 0.964 bits per heavy atom. The zero-order chi connectivity index (χ0) is 20.1. The standard InChI is InChI=1S/C19H18N4O5/c1-11-8-17(23-28-11)22-19(25)14-9-12(6-7-20-14)18(24)21-13-4-5-15(26-2)16(10-13)27-3/h4-10H,1-3H3,(H,21,24)(H,22,23,25). The molecule has 0 saturated carbocycles. The van der Waals surface area contributed by atoms with Crippen molar-refractivity contribution in [2.75, 3.05) is 24.9 Å². The van der Waals surface area contributed by atoms with Crippen molar-refractivity contribution in [3.63, 3.8) is 0 Å². The minimum absolute atomic E-state index is 0.0700. The number of hydrogen-bond donors (Lipinski definition) is 2. The molecule has 2 amide bonds. The first-order valence-corrected chi connectivity index (χ1v) is 8.24. The molecule has 28 heavy (non-hydrogen) atoms. The van der Waals surface area contributed by atoms with Gasteiger partial charge >= 0.3 is 0 Å². The maximum Gasteiger partial charge on any atom is 0.275 e. The number of ether oxygens (including phenoxy) is 2. The minimum Gasteiger partial charge on any atom is -0.493 e. The summed E-state index contributed by atoms with van der Waals surface area (Å²) >= 11 is 0. The van der Waals surface area contributed by atoms with Gasteiger partial charge in [0.25, 0.3) is 11.8 Å². The second-order valence-corrected chi connectivity index (χ2v) is 5.73. The van der Waals surface area contributed by atoms with Crippen LogP contribution in [0.15, 0.2) is 47.1 Å².